The van der Waals surface area contributed by atoms with Gasteiger partial charge < -0.3 is 5.32 Å². The Hall–Kier alpha value is -1.83. The molecule has 1 atom stereocenters. The van der Waals surface area contributed by atoms with Crippen molar-refractivity contribution in [1.29, 1.82) is 0 Å². The van der Waals surface area contributed by atoms with Gasteiger partial charge >= 0.3 is 0 Å². The SMILES string of the molecule is Cc1ccccc1C(C)Nc1cccnc1C. The molecule has 0 saturated heterocycles. The zero-order valence-corrected chi connectivity index (χ0v) is 10.6. The fourth-order valence-corrected chi connectivity index (χ4v) is 2.02. The lowest BCUT2D eigenvalue weighted by Crippen LogP contribution is -2.09. The number of aryl methyl sites for hydroxylation is 2. The summed E-state index contributed by atoms with van der Waals surface area (Å²) in [5.74, 6) is 0. The molecule has 17 heavy (non-hydrogen) atoms. The maximum atomic E-state index is 4.29. The maximum Gasteiger partial charge on any atom is 0.0603 e. The third-order valence-corrected chi connectivity index (χ3v) is 3.03. The molecule has 0 spiro atoms. The first kappa shape index (κ1) is 11.6. The molecule has 1 heterocycles. The van der Waals surface area contributed by atoms with Crippen LogP contribution in [0.3, 0.4) is 0 Å². The first-order valence-electron chi connectivity index (χ1n) is 5.92. The molecule has 1 N–H and O–H groups in total. The van der Waals surface area contributed by atoms with E-state index in [9.17, 15) is 0 Å². The van der Waals surface area contributed by atoms with E-state index in [-0.39, 0.29) is 0 Å². The fourth-order valence-electron chi connectivity index (χ4n) is 2.02. The Bertz CT molecular complexity index is 506. The van der Waals surface area contributed by atoms with E-state index in [0.717, 1.165) is 11.4 Å². The summed E-state index contributed by atoms with van der Waals surface area (Å²) < 4.78 is 0. The van der Waals surface area contributed by atoms with E-state index in [4.69, 9.17) is 0 Å². The summed E-state index contributed by atoms with van der Waals surface area (Å²) in [5.41, 5.74) is 4.78. The number of aromatic nitrogens is 1. The number of benzene rings is 1. The first-order chi connectivity index (χ1) is 8.18. The number of nitrogens with one attached hydrogen (secondary N) is 1. The van der Waals surface area contributed by atoms with Gasteiger partial charge in [-0.05, 0) is 44.0 Å². The van der Waals surface area contributed by atoms with Crippen molar-refractivity contribution in [3.63, 3.8) is 0 Å². The standard InChI is InChI=1S/C15H18N2/c1-11-7-4-5-8-14(11)12(2)17-15-9-6-10-16-13(15)3/h4-10,12,17H,1-3H3. The second-order valence-corrected chi connectivity index (χ2v) is 4.36. The van der Waals surface area contributed by atoms with Gasteiger partial charge in [-0.25, -0.2) is 0 Å². The van der Waals surface area contributed by atoms with E-state index in [1.807, 2.05) is 19.2 Å². The average Bonchev–Trinajstić information content (AvgIpc) is 2.32. The van der Waals surface area contributed by atoms with Crippen LogP contribution in [0.5, 0.6) is 0 Å². The normalized spacial score (nSPS) is 12.2. The summed E-state index contributed by atoms with van der Waals surface area (Å²) in [5, 5.41) is 3.50. The smallest absolute Gasteiger partial charge is 0.0603 e. The van der Waals surface area contributed by atoms with Crippen LogP contribution < -0.4 is 5.32 Å². The van der Waals surface area contributed by atoms with Gasteiger partial charge in [0.1, 0.15) is 0 Å². The molecular weight excluding hydrogens is 208 g/mol. The topological polar surface area (TPSA) is 24.9 Å². The molecule has 2 nitrogen and oxygen atoms in total. The van der Waals surface area contributed by atoms with Crippen LogP contribution in [0.25, 0.3) is 0 Å². The van der Waals surface area contributed by atoms with Gasteiger partial charge in [0.25, 0.3) is 0 Å². The van der Waals surface area contributed by atoms with Crippen molar-refractivity contribution in [2.45, 2.75) is 26.8 Å². The predicted octanol–water partition coefficient (Wildman–Crippen LogP) is 3.87. The van der Waals surface area contributed by atoms with E-state index in [1.54, 1.807) is 0 Å². The maximum absolute atomic E-state index is 4.29. The highest BCUT2D eigenvalue weighted by Gasteiger charge is 2.08. The van der Waals surface area contributed by atoms with Crippen LogP contribution in [0, 0.1) is 13.8 Å². The molecule has 2 aromatic rings. The molecule has 0 bridgehead atoms. The highest BCUT2D eigenvalue weighted by atomic mass is 14.9. The van der Waals surface area contributed by atoms with Crippen molar-refractivity contribution in [1.82, 2.24) is 4.98 Å². The number of pyridine rings is 1. The van der Waals surface area contributed by atoms with Crippen LogP contribution in [-0.2, 0) is 0 Å². The monoisotopic (exact) mass is 226 g/mol. The van der Waals surface area contributed by atoms with Gasteiger partial charge in [-0.15, -0.1) is 0 Å². The van der Waals surface area contributed by atoms with Crippen LogP contribution in [0.2, 0.25) is 0 Å². The summed E-state index contributed by atoms with van der Waals surface area (Å²) in [6.07, 6.45) is 1.82. The molecule has 0 aliphatic carbocycles. The number of anilines is 1. The van der Waals surface area contributed by atoms with Crippen molar-refractivity contribution in [3.05, 3.63) is 59.4 Å². The van der Waals surface area contributed by atoms with Crippen LogP contribution >= 0.6 is 0 Å². The van der Waals surface area contributed by atoms with Crippen molar-refractivity contribution in [2.24, 2.45) is 0 Å². The zero-order valence-electron chi connectivity index (χ0n) is 10.6. The van der Waals surface area contributed by atoms with E-state index in [1.165, 1.54) is 11.1 Å². The van der Waals surface area contributed by atoms with Crippen LogP contribution in [0.4, 0.5) is 5.69 Å². The molecule has 0 saturated carbocycles. The van der Waals surface area contributed by atoms with Gasteiger partial charge in [-0.3, -0.25) is 4.98 Å². The third-order valence-electron chi connectivity index (χ3n) is 3.03. The van der Waals surface area contributed by atoms with Crippen molar-refractivity contribution in [2.75, 3.05) is 5.32 Å². The molecule has 0 fully saturated rings. The second-order valence-electron chi connectivity index (χ2n) is 4.36. The highest BCUT2D eigenvalue weighted by molar-refractivity contribution is 5.49. The lowest BCUT2D eigenvalue weighted by molar-refractivity contribution is 0.869. The Morgan fingerprint density at radius 2 is 1.82 bits per heavy atom. The second kappa shape index (κ2) is 5.00. The van der Waals surface area contributed by atoms with Crippen LogP contribution in [0.1, 0.15) is 29.8 Å². The summed E-state index contributed by atoms with van der Waals surface area (Å²) in [6, 6.07) is 12.8. The molecule has 2 heteroatoms. The predicted molar refractivity (Wildman–Crippen MR) is 72.2 cm³/mol. The van der Waals surface area contributed by atoms with Crippen molar-refractivity contribution < 1.29 is 0 Å². The summed E-state index contributed by atoms with van der Waals surface area (Å²) in [7, 11) is 0. The number of nitrogens with zero attached hydrogens (tertiary/aromatic N) is 1. The molecule has 2 rings (SSSR count). The fraction of sp³-hybridized carbons (Fsp3) is 0.267. The summed E-state index contributed by atoms with van der Waals surface area (Å²) in [4.78, 5) is 4.29. The third kappa shape index (κ3) is 2.64. The molecule has 0 aliphatic rings. The van der Waals surface area contributed by atoms with Gasteiger partial charge in [0, 0.05) is 12.2 Å². The van der Waals surface area contributed by atoms with E-state index in [2.05, 4.69) is 54.5 Å². The van der Waals surface area contributed by atoms with Gasteiger partial charge in [-0.2, -0.15) is 0 Å². The Morgan fingerprint density at radius 3 is 2.53 bits per heavy atom. The molecule has 0 amide bonds. The average molecular weight is 226 g/mol. The minimum Gasteiger partial charge on any atom is -0.377 e. The molecule has 0 radical (unpaired) electrons. The number of hydrogen-bond donors (Lipinski definition) is 1. The molecule has 1 unspecified atom stereocenters. The van der Waals surface area contributed by atoms with Crippen LogP contribution in [0.15, 0.2) is 42.6 Å². The summed E-state index contributed by atoms with van der Waals surface area (Å²) >= 11 is 0. The largest absolute Gasteiger partial charge is 0.377 e. The van der Waals surface area contributed by atoms with Gasteiger partial charge in [-0.1, -0.05) is 24.3 Å². The van der Waals surface area contributed by atoms with Gasteiger partial charge in [0.15, 0.2) is 0 Å². The van der Waals surface area contributed by atoms with E-state index >= 15 is 0 Å². The van der Waals surface area contributed by atoms with E-state index in [0.29, 0.717) is 6.04 Å². The van der Waals surface area contributed by atoms with Gasteiger partial charge in [0.05, 0.1) is 11.4 Å². The minimum absolute atomic E-state index is 0.291. The lowest BCUT2D eigenvalue weighted by atomic mass is 10.0. The number of hydrogen-bond acceptors (Lipinski definition) is 2. The Morgan fingerprint density at radius 1 is 1.06 bits per heavy atom. The number of rotatable bonds is 3. The van der Waals surface area contributed by atoms with Crippen molar-refractivity contribution >= 4 is 5.69 Å². The molecule has 1 aromatic carbocycles. The molecule has 1 aromatic heterocycles. The molecule has 88 valence electrons. The highest BCUT2D eigenvalue weighted by Crippen LogP contribution is 2.22. The van der Waals surface area contributed by atoms with Crippen LogP contribution in [-0.4, -0.2) is 4.98 Å². The van der Waals surface area contributed by atoms with Gasteiger partial charge in [0.2, 0.25) is 0 Å². The Labute approximate surface area is 103 Å². The quantitative estimate of drug-likeness (QED) is 0.859. The zero-order chi connectivity index (χ0) is 12.3. The summed E-state index contributed by atoms with van der Waals surface area (Å²) in [6.45, 7) is 6.34. The minimum atomic E-state index is 0.291. The molecular formula is C15H18N2. The Kier molecular flexibility index (Phi) is 3.43. The first-order valence-corrected chi connectivity index (χ1v) is 5.92. The lowest BCUT2D eigenvalue weighted by Gasteiger charge is -2.18. The van der Waals surface area contributed by atoms with Crippen molar-refractivity contribution in [3.8, 4) is 0 Å². The Balaban J connectivity index is 2.20. The molecule has 0 aliphatic heterocycles. The van der Waals surface area contributed by atoms with E-state index < -0.39 is 0 Å².